The van der Waals surface area contributed by atoms with E-state index in [-0.39, 0.29) is 11.1 Å². The molecular weight excluding hydrogens is 466 g/mol. The summed E-state index contributed by atoms with van der Waals surface area (Å²) in [6, 6.07) is 10.1. The number of rotatable bonds is 6. The van der Waals surface area contributed by atoms with Crippen LogP contribution in [0.5, 0.6) is 11.5 Å². The Morgan fingerprint density at radius 2 is 1.71 bits per heavy atom. The van der Waals surface area contributed by atoms with Gasteiger partial charge in [0.15, 0.2) is 0 Å². The Hall–Kier alpha value is -1.96. The van der Waals surface area contributed by atoms with Crippen LogP contribution in [-0.2, 0) is 4.79 Å². The molecule has 0 radical (unpaired) electrons. The Bertz CT molecular complexity index is 946. The van der Waals surface area contributed by atoms with Crippen molar-refractivity contribution in [1.29, 1.82) is 0 Å². The third-order valence-electron chi connectivity index (χ3n) is 3.83. The monoisotopic (exact) mass is 481 g/mol. The molecule has 146 valence electrons. The number of ether oxygens (including phenoxy) is 2. The van der Waals surface area contributed by atoms with Gasteiger partial charge in [-0.05, 0) is 77.9 Å². The summed E-state index contributed by atoms with van der Waals surface area (Å²) in [6.07, 6.45) is 1.66. The molecule has 3 rings (SSSR count). The number of halogens is 2. The van der Waals surface area contributed by atoms with E-state index in [0.29, 0.717) is 45.9 Å². The van der Waals surface area contributed by atoms with E-state index >= 15 is 0 Å². The van der Waals surface area contributed by atoms with Gasteiger partial charge in [0.25, 0.3) is 11.1 Å². The van der Waals surface area contributed by atoms with Gasteiger partial charge in [-0.3, -0.25) is 9.59 Å². The molecule has 0 saturated carbocycles. The highest BCUT2D eigenvalue weighted by Gasteiger charge is 2.36. The highest BCUT2D eigenvalue weighted by Crippen LogP contribution is 2.39. The van der Waals surface area contributed by atoms with Crippen LogP contribution in [0.4, 0.5) is 10.5 Å². The Balaban J connectivity index is 1.97. The Morgan fingerprint density at radius 1 is 1.07 bits per heavy atom. The second-order valence-electron chi connectivity index (χ2n) is 5.68. The second kappa shape index (κ2) is 9.03. The molecule has 2 aromatic carbocycles. The average molecular weight is 483 g/mol. The van der Waals surface area contributed by atoms with Crippen molar-refractivity contribution >= 4 is 62.2 Å². The zero-order chi connectivity index (χ0) is 20.3. The maximum absolute atomic E-state index is 12.8. The predicted octanol–water partition coefficient (Wildman–Crippen LogP) is 6.14. The van der Waals surface area contributed by atoms with Crippen LogP contribution in [0.15, 0.2) is 45.8 Å². The minimum absolute atomic E-state index is 0.317. The summed E-state index contributed by atoms with van der Waals surface area (Å²) in [6.45, 7) is 4.75. The smallest absolute Gasteiger partial charge is 0.298 e. The van der Waals surface area contributed by atoms with Gasteiger partial charge in [-0.1, -0.05) is 11.6 Å². The van der Waals surface area contributed by atoms with Crippen molar-refractivity contribution in [2.45, 2.75) is 13.8 Å². The number of anilines is 1. The number of benzene rings is 2. The molecule has 0 bridgehead atoms. The summed E-state index contributed by atoms with van der Waals surface area (Å²) in [5.41, 5.74) is 1.16. The molecule has 5 nitrogen and oxygen atoms in total. The third-order valence-corrected chi connectivity index (χ3v) is 5.57. The zero-order valence-corrected chi connectivity index (χ0v) is 18.4. The lowest BCUT2D eigenvalue weighted by Crippen LogP contribution is -2.27. The Labute approximate surface area is 180 Å². The number of hydrogen-bond acceptors (Lipinski definition) is 5. The highest BCUT2D eigenvalue weighted by molar-refractivity contribution is 9.10. The van der Waals surface area contributed by atoms with Crippen LogP contribution < -0.4 is 14.4 Å². The van der Waals surface area contributed by atoms with Gasteiger partial charge in [0.1, 0.15) is 11.5 Å². The fraction of sp³-hybridized carbons (Fsp3) is 0.200. The maximum atomic E-state index is 12.8. The molecule has 1 heterocycles. The maximum Gasteiger partial charge on any atom is 0.298 e. The molecule has 1 aliphatic heterocycles. The molecule has 28 heavy (non-hydrogen) atoms. The van der Waals surface area contributed by atoms with Crippen LogP contribution >= 0.6 is 39.3 Å². The lowest BCUT2D eigenvalue weighted by atomic mass is 10.1. The van der Waals surface area contributed by atoms with Crippen molar-refractivity contribution in [2.24, 2.45) is 0 Å². The van der Waals surface area contributed by atoms with Gasteiger partial charge in [-0.25, -0.2) is 4.90 Å². The number of amides is 2. The summed E-state index contributed by atoms with van der Waals surface area (Å²) in [4.78, 5) is 26.7. The minimum Gasteiger partial charge on any atom is -0.493 e. The predicted molar refractivity (Wildman–Crippen MR) is 116 cm³/mol. The van der Waals surface area contributed by atoms with Gasteiger partial charge in [0, 0.05) is 16.7 Å². The van der Waals surface area contributed by atoms with Crippen LogP contribution in [0.3, 0.4) is 0 Å². The normalized spacial score (nSPS) is 15.4. The van der Waals surface area contributed by atoms with Crippen molar-refractivity contribution in [2.75, 3.05) is 18.1 Å². The fourth-order valence-electron chi connectivity index (χ4n) is 2.63. The van der Waals surface area contributed by atoms with Crippen LogP contribution in [-0.4, -0.2) is 24.4 Å². The van der Waals surface area contributed by atoms with E-state index < -0.39 is 0 Å². The van der Waals surface area contributed by atoms with E-state index in [9.17, 15) is 9.59 Å². The lowest BCUT2D eigenvalue weighted by molar-refractivity contribution is -0.113. The minimum atomic E-state index is -0.384. The van der Waals surface area contributed by atoms with Gasteiger partial charge in [0.2, 0.25) is 0 Å². The lowest BCUT2D eigenvalue weighted by Gasteiger charge is -2.13. The molecule has 0 spiro atoms. The fourth-order valence-corrected chi connectivity index (χ4v) is 4.07. The summed E-state index contributed by atoms with van der Waals surface area (Å²) < 4.78 is 12.0. The summed E-state index contributed by atoms with van der Waals surface area (Å²) in [7, 11) is 0. The van der Waals surface area contributed by atoms with Crippen molar-refractivity contribution in [3.63, 3.8) is 0 Å². The standard InChI is InChI=1S/C20H17BrClNO4S/c1-3-26-16-11-17(27-4-2)15(21)9-12(16)10-18-19(24)23(20(25)28-18)14-7-5-13(22)6-8-14/h5-11H,3-4H2,1-2H3/b18-10-. The third kappa shape index (κ3) is 4.37. The highest BCUT2D eigenvalue weighted by atomic mass is 79.9. The molecule has 0 atom stereocenters. The van der Waals surface area contributed by atoms with E-state index in [1.54, 1.807) is 36.4 Å². The summed E-state index contributed by atoms with van der Waals surface area (Å²) in [5.74, 6) is 0.842. The molecule has 1 saturated heterocycles. The average Bonchev–Trinajstić information content (AvgIpc) is 2.93. The van der Waals surface area contributed by atoms with Crippen LogP contribution in [0.2, 0.25) is 5.02 Å². The Kier molecular flexibility index (Phi) is 6.69. The van der Waals surface area contributed by atoms with Gasteiger partial charge < -0.3 is 9.47 Å². The van der Waals surface area contributed by atoms with E-state index in [2.05, 4.69) is 15.9 Å². The van der Waals surface area contributed by atoms with E-state index in [4.69, 9.17) is 21.1 Å². The first-order valence-electron chi connectivity index (χ1n) is 8.57. The molecule has 0 aromatic heterocycles. The summed E-state index contributed by atoms with van der Waals surface area (Å²) in [5, 5.41) is 0.174. The van der Waals surface area contributed by atoms with Gasteiger partial charge in [0.05, 0.1) is 28.3 Å². The molecule has 2 aromatic rings. The van der Waals surface area contributed by atoms with Crippen molar-refractivity contribution in [3.05, 3.63) is 56.4 Å². The van der Waals surface area contributed by atoms with Crippen molar-refractivity contribution in [3.8, 4) is 11.5 Å². The Morgan fingerprint density at radius 3 is 2.36 bits per heavy atom. The first-order chi connectivity index (χ1) is 13.4. The number of carbonyl (C=O) groups is 2. The molecule has 1 fully saturated rings. The number of thioether (sulfide) groups is 1. The van der Waals surface area contributed by atoms with Crippen LogP contribution in [0, 0.1) is 0 Å². The first kappa shape index (κ1) is 20.8. The molecular formula is C20H17BrClNO4S. The van der Waals surface area contributed by atoms with E-state index in [1.165, 1.54) is 0 Å². The van der Waals surface area contributed by atoms with Gasteiger partial charge in [-0.2, -0.15) is 0 Å². The molecule has 8 heteroatoms. The molecule has 0 aliphatic carbocycles. The van der Waals surface area contributed by atoms with Gasteiger partial charge >= 0.3 is 0 Å². The molecule has 2 amide bonds. The summed E-state index contributed by atoms with van der Waals surface area (Å²) >= 11 is 10.3. The van der Waals surface area contributed by atoms with Crippen molar-refractivity contribution < 1.29 is 19.1 Å². The topological polar surface area (TPSA) is 55.8 Å². The first-order valence-corrected chi connectivity index (χ1v) is 10.6. The molecule has 1 aliphatic rings. The molecule has 0 unspecified atom stereocenters. The van der Waals surface area contributed by atoms with E-state index in [1.807, 2.05) is 19.9 Å². The van der Waals surface area contributed by atoms with Crippen molar-refractivity contribution in [1.82, 2.24) is 0 Å². The zero-order valence-electron chi connectivity index (χ0n) is 15.2. The number of imide groups is 1. The van der Waals surface area contributed by atoms with Crippen LogP contribution in [0.25, 0.3) is 6.08 Å². The molecule has 0 N–H and O–H groups in total. The second-order valence-corrected chi connectivity index (χ2v) is 7.96. The number of hydrogen-bond donors (Lipinski definition) is 0. The quantitative estimate of drug-likeness (QED) is 0.463. The largest absolute Gasteiger partial charge is 0.493 e. The number of carbonyl (C=O) groups excluding carboxylic acids is 2. The number of nitrogens with zero attached hydrogens (tertiary/aromatic N) is 1. The van der Waals surface area contributed by atoms with E-state index in [0.717, 1.165) is 21.1 Å². The van der Waals surface area contributed by atoms with Gasteiger partial charge in [-0.15, -0.1) is 0 Å². The van der Waals surface area contributed by atoms with Crippen LogP contribution in [0.1, 0.15) is 19.4 Å². The SMILES string of the molecule is CCOc1cc(OCC)c(/C=C2\SC(=O)N(c3ccc(Cl)cc3)C2=O)cc1Br.